The van der Waals surface area contributed by atoms with E-state index in [4.69, 9.17) is 4.98 Å². The second-order valence-corrected chi connectivity index (χ2v) is 11.5. The molecule has 1 amide bonds. The molecule has 4 rings (SSSR count). The number of nitrogens with zero attached hydrogens (tertiary/aromatic N) is 4. The van der Waals surface area contributed by atoms with Gasteiger partial charge in [0.1, 0.15) is 4.90 Å². The number of likely N-dealkylation sites (tertiary alicyclic amines) is 1. The highest BCUT2D eigenvalue weighted by atomic mass is 32.2. The number of sulfone groups is 1. The third-order valence-electron chi connectivity index (χ3n) is 7.02. The van der Waals surface area contributed by atoms with Crippen molar-refractivity contribution >= 4 is 21.7 Å². The average Bonchev–Trinajstić information content (AvgIpc) is 3.26. The van der Waals surface area contributed by atoms with Crippen molar-refractivity contribution in [3.63, 3.8) is 0 Å². The molecule has 1 atom stereocenters. The van der Waals surface area contributed by atoms with Crippen molar-refractivity contribution in [3.8, 4) is 0 Å². The smallest absolute Gasteiger partial charge is 0.225 e. The molecule has 0 spiro atoms. The van der Waals surface area contributed by atoms with E-state index in [0.717, 1.165) is 51.6 Å². The van der Waals surface area contributed by atoms with Crippen LogP contribution in [0, 0.1) is 11.8 Å². The summed E-state index contributed by atoms with van der Waals surface area (Å²) in [5.74, 6) is 1.96. The molecule has 1 unspecified atom stereocenters. The van der Waals surface area contributed by atoms with Gasteiger partial charge in [-0.15, -0.1) is 0 Å². The number of piperidine rings is 2. The minimum Gasteiger partial charge on any atom is -0.343 e. The van der Waals surface area contributed by atoms with Gasteiger partial charge in [0.05, 0.1) is 11.9 Å². The summed E-state index contributed by atoms with van der Waals surface area (Å²) >= 11 is 0. The third-order valence-corrected chi connectivity index (χ3v) is 8.13. The number of rotatable bonds is 5. The van der Waals surface area contributed by atoms with E-state index in [1.165, 1.54) is 12.5 Å². The minimum absolute atomic E-state index is 0.0330. The van der Waals surface area contributed by atoms with Crippen molar-refractivity contribution in [2.75, 3.05) is 37.3 Å². The Morgan fingerprint density at radius 1 is 1.10 bits per heavy atom. The van der Waals surface area contributed by atoms with Crippen LogP contribution in [-0.2, 0) is 14.6 Å². The Morgan fingerprint density at radius 2 is 1.81 bits per heavy atom. The molecule has 8 heteroatoms. The molecule has 2 fully saturated rings. The maximum absolute atomic E-state index is 12.7. The predicted molar refractivity (Wildman–Crippen MR) is 121 cm³/mol. The molecule has 2 saturated heterocycles. The summed E-state index contributed by atoms with van der Waals surface area (Å²) in [6.07, 6.45) is 13.4. The van der Waals surface area contributed by atoms with Gasteiger partial charge >= 0.3 is 0 Å². The van der Waals surface area contributed by atoms with Gasteiger partial charge in [0, 0.05) is 44.8 Å². The molecule has 3 heterocycles. The molecule has 0 radical (unpaired) electrons. The van der Waals surface area contributed by atoms with E-state index in [1.54, 1.807) is 0 Å². The van der Waals surface area contributed by atoms with E-state index in [9.17, 15) is 13.2 Å². The molecule has 7 nitrogen and oxygen atoms in total. The molecule has 31 heavy (non-hydrogen) atoms. The molecule has 0 bridgehead atoms. The fraction of sp³-hybridized carbons (Fsp3) is 0.696. The molecule has 1 aliphatic carbocycles. The molecule has 0 saturated carbocycles. The molecule has 1 aromatic heterocycles. The van der Waals surface area contributed by atoms with E-state index in [-0.39, 0.29) is 16.7 Å². The fourth-order valence-corrected chi connectivity index (χ4v) is 5.77. The Morgan fingerprint density at radius 3 is 2.42 bits per heavy atom. The summed E-state index contributed by atoms with van der Waals surface area (Å²) in [4.78, 5) is 26.2. The van der Waals surface area contributed by atoms with Crippen LogP contribution in [0.2, 0.25) is 0 Å². The lowest BCUT2D eigenvalue weighted by atomic mass is 9.92. The molecular formula is C23H34N4O3S. The number of anilines is 1. The Kier molecular flexibility index (Phi) is 6.65. The number of hydrogen-bond acceptors (Lipinski definition) is 6. The lowest BCUT2D eigenvalue weighted by Crippen LogP contribution is -2.39. The maximum Gasteiger partial charge on any atom is 0.225 e. The fourth-order valence-electron chi connectivity index (χ4n) is 4.93. The predicted octanol–water partition coefficient (Wildman–Crippen LogP) is 3.18. The first-order valence-electron chi connectivity index (χ1n) is 11.6. The first-order valence-corrected chi connectivity index (χ1v) is 13.5. The van der Waals surface area contributed by atoms with Crippen LogP contribution < -0.4 is 4.90 Å². The van der Waals surface area contributed by atoms with Gasteiger partial charge in [-0.3, -0.25) is 4.79 Å². The highest BCUT2D eigenvalue weighted by molar-refractivity contribution is 7.90. The molecule has 0 N–H and O–H groups in total. The number of aromatic nitrogens is 2. The van der Waals surface area contributed by atoms with Gasteiger partial charge in [-0.25, -0.2) is 18.4 Å². The first kappa shape index (κ1) is 22.2. The van der Waals surface area contributed by atoms with E-state index >= 15 is 0 Å². The molecule has 0 aromatic carbocycles. The number of carbonyl (C=O) groups is 1. The zero-order valence-electron chi connectivity index (χ0n) is 18.7. The van der Waals surface area contributed by atoms with Gasteiger partial charge in [0.2, 0.25) is 11.9 Å². The zero-order valence-corrected chi connectivity index (χ0v) is 19.5. The highest BCUT2D eigenvalue weighted by Crippen LogP contribution is 2.33. The van der Waals surface area contributed by atoms with Gasteiger partial charge in [0.25, 0.3) is 0 Å². The molecule has 2 aliphatic heterocycles. The lowest BCUT2D eigenvalue weighted by Gasteiger charge is -2.34. The second kappa shape index (κ2) is 9.27. The van der Waals surface area contributed by atoms with Gasteiger partial charge in [-0.1, -0.05) is 19.1 Å². The molecular weight excluding hydrogens is 412 g/mol. The van der Waals surface area contributed by atoms with Gasteiger partial charge < -0.3 is 9.80 Å². The van der Waals surface area contributed by atoms with Crippen LogP contribution in [0.5, 0.6) is 0 Å². The maximum atomic E-state index is 12.7. The van der Waals surface area contributed by atoms with Crippen molar-refractivity contribution in [1.82, 2.24) is 14.9 Å². The standard InChI is InChI=1S/C23H34N4O3S/c1-17-7-11-27(12-8-17)23-24-16-20(31(2,29)30)22(25-23)19-9-13-26(14-10-19)21(28)15-18-5-3-4-6-18/h3,5,16-19H,4,6-15H2,1-2H3. The highest BCUT2D eigenvalue weighted by Gasteiger charge is 2.31. The Labute approximate surface area is 185 Å². The average molecular weight is 447 g/mol. The largest absolute Gasteiger partial charge is 0.343 e. The van der Waals surface area contributed by atoms with E-state index in [2.05, 4.69) is 29.0 Å². The van der Waals surface area contributed by atoms with Gasteiger partial charge in [-0.05, 0) is 50.4 Å². The summed E-state index contributed by atoms with van der Waals surface area (Å²) < 4.78 is 24.9. The van der Waals surface area contributed by atoms with E-state index in [1.807, 2.05) is 4.90 Å². The number of amides is 1. The number of allylic oxidation sites excluding steroid dienone is 2. The molecule has 170 valence electrons. The van der Waals surface area contributed by atoms with Crippen molar-refractivity contribution in [2.45, 2.75) is 62.7 Å². The van der Waals surface area contributed by atoms with E-state index in [0.29, 0.717) is 43.0 Å². The first-order chi connectivity index (χ1) is 14.8. The third kappa shape index (κ3) is 5.27. The van der Waals surface area contributed by atoms with Crippen molar-refractivity contribution in [1.29, 1.82) is 0 Å². The summed E-state index contributed by atoms with van der Waals surface area (Å²) in [5, 5.41) is 0. The molecule has 1 aromatic rings. The van der Waals surface area contributed by atoms with Crippen LogP contribution >= 0.6 is 0 Å². The zero-order chi connectivity index (χ0) is 22.0. The summed E-state index contributed by atoms with van der Waals surface area (Å²) in [7, 11) is -3.42. The van der Waals surface area contributed by atoms with Crippen LogP contribution in [0.4, 0.5) is 5.95 Å². The van der Waals surface area contributed by atoms with Crippen LogP contribution in [0.15, 0.2) is 23.2 Å². The van der Waals surface area contributed by atoms with Gasteiger partial charge in [-0.2, -0.15) is 0 Å². The van der Waals surface area contributed by atoms with Crippen molar-refractivity contribution in [2.24, 2.45) is 11.8 Å². The van der Waals surface area contributed by atoms with Crippen molar-refractivity contribution < 1.29 is 13.2 Å². The number of carbonyl (C=O) groups excluding carboxylic acids is 1. The topological polar surface area (TPSA) is 83.5 Å². The van der Waals surface area contributed by atoms with Crippen LogP contribution in [0.25, 0.3) is 0 Å². The van der Waals surface area contributed by atoms with E-state index < -0.39 is 9.84 Å². The normalized spacial score (nSPS) is 23.5. The number of hydrogen-bond donors (Lipinski definition) is 0. The summed E-state index contributed by atoms with van der Waals surface area (Å²) in [5.41, 5.74) is 0.636. The summed E-state index contributed by atoms with van der Waals surface area (Å²) in [6.45, 7) is 5.38. The molecule has 3 aliphatic rings. The Balaban J connectivity index is 1.48. The van der Waals surface area contributed by atoms with Crippen LogP contribution in [-0.4, -0.2) is 61.6 Å². The van der Waals surface area contributed by atoms with Gasteiger partial charge in [0.15, 0.2) is 9.84 Å². The monoisotopic (exact) mass is 446 g/mol. The second-order valence-electron chi connectivity index (χ2n) is 9.49. The Bertz CT molecular complexity index is 930. The van der Waals surface area contributed by atoms with Crippen molar-refractivity contribution in [3.05, 3.63) is 24.0 Å². The SMILES string of the molecule is CC1CCN(c2ncc(S(C)(=O)=O)c(C3CCN(C(=O)CC4C=CCC4)CC3)n2)CC1. The summed E-state index contributed by atoms with van der Waals surface area (Å²) in [6, 6.07) is 0. The quantitative estimate of drug-likeness (QED) is 0.646. The van der Waals surface area contributed by atoms with Crippen LogP contribution in [0.1, 0.15) is 63.5 Å². The lowest BCUT2D eigenvalue weighted by molar-refractivity contribution is -0.132. The Hall–Kier alpha value is -1.96. The van der Waals surface area contributed by atoms with Crippen LogP contribution in [0.3, 0.4) is 0 Å². The minimum atomic E-state index is -3.42.